The Hall–Kier alpha value is -1.75. The minimum atomic E-state index is -0.556. The van der Waals surface area contributed by atoms with Crippen LogP contribution in [0.1, 0.15) is 33.3 Å². The Kier molecular flexibility index (Phi) is 7.36. The molecule has 2 amide bonds. The fourth-order valence-electron chi connectivity index (χ4n) is 2.03. The molecule has 1 N–H and O–H groups in total. The molecule has 0 aromatic heterocycles. The number of carbonyl (C=O) groups is 2. The number of benzene rings is 1. The number of ether oxygens (including phenoxy) is 1. The summed E-state index contributed by atoms with van der Waals surface area (Å²) in [6.07, 6.45) is -0.497. The smallest absolute Gasteiger partial charge is 0.407 e. The third kappa shape index (κ3) is 7.88. The Bertz CT molecular complexity index is 514. The maximum atomic E-state index is 12.0. The van der Waals surface area contributed by atoms with Gasteiger partial charge in [-0.05, 0) is 33.3 Å². The van der Waals surface area contributed by atoms with Crippen LogP contribution in [0.3, 0.4) is 0 Å². The predicted molar refractivity (Wildman–Crippen MR) is 91.4 cm³/mol. The van der Waals surface area contributed by atoms with Crippen molar-refractivity contribution >= 4 is 23.6 Å². The first-order chi connectivity index (χ1) is 10.7. The molecule has 1 unspecified atom stereocenters. The highest BCUT2D eigenvalue weighted by atomic mass is 35.5. The zero-order valence-electron chi connectivity index (χ0n) is 14.1. The lowest BCUT2D eigenvalue weighted by molar-refractivity contribution is -0.129. The fourth-order valence-corrected chi connectivity index (χ4v) is 2.20. The second-order valence-electron chi connectivity index (χ2n) is 6.44. The van der Waals surface area contributed by atoms with E-state index in [1.807, 2.05) is 37.3 Å². The van der Waals surface area contributed by atoms with Crippen molar-refractivity contribution in [2.24, 2.45) is 0 Å². The summed E-state index contributed by atoms with van der Waals surface area (Å²) in [4.78, 5) is 25.4. The molecule has 0 heterocycles. The lowest BCUT2D eigenvalue weighted by Gasteiger charge is -2.27. The van der Waals surface area contributed by atoms with Crippen molar-refractivity contribution in [1.82, 2.24) is 10.2 Å². The number of nitrogens with one attached hydrogen (secondary N) is 1. The van der Waals surface area contributed by atoms with Crippen molar-refractivity contribution in [2.45, 2.75) is 45.9 Å². The molecule has 1 rings (SSSR count). The Morgan fingerprint density at radius 2 is 1.87 bits per heavy atom. The first-order valence-electron chi connectivity index (χ1n) is 7.58. The van der Waals surface area contributed by atoms with E-state index in [0.29, 0.717) is 13.1 Å². The van der Waals surface area contributed by atoms with Crippen LogP contribution in [0.15, 0.2) is 30.3 Å². The molecular formula is C17H25ClN2O3. The van der Waals surface area contributed by atoms with Gasteiger partial charge in [-0.3, -0.25) is 4.79 Å². The van der Waals surface area contributed by atoms with Crippen molar-refractivity contribution < 1.29 is 14.3 Å². The van der Waals surface area contributed by atoms with E-state index < -0.39 is 11.7 Å². The summed E-state index contributed by atoms with van der Waals surface area (Å²) in [5.74, 6) is -0.264. The van der Waals surface area contributed by atoms with Gasteiger partial charge in [-0.15, -0.1) is 11.6 Å². The van der Waals surface area contributed by atoms with E-state index in [9.17, 15) is 9.59 Å². The van der Waals surface area contributed by atoms with Crippen LogP contribution in [0.4, 0.5) is 4.79 Å². The van der Waals surface area contributed by atoms with E-state index in [2.05, 4.69) is 5.32 Å². The van der Waals surface area contributed by atoms with Crippen LogP contribution in [-0.2, 0) is 16.1 Å². The van der Waals surface area contributed by atoms with Gasteiger partial charge in [-0.25, -0.2) is 4.79 Å². The highest BCUT2D eigenvalue weighted by molar-refractivity contribution is 6.27. The van der Waals surface area contributed by atoms with E-state index in [-0.39, 0.29) is 17.8 Å². The molecule has 0 radical (unpaired) electrons. The molecule has 0 aliphatic heterocycles. The van der Waals surface area contributed by atoms with Gasteiger partial charge in [-0.2, -0.15) is 0 Å². The lowest BCUT2D eigenvalue weighted by Crippen LogP contribution is -2.45. The summed E-state index contributed by atoms with van der Waals surface area (Å²) in [6, 6.07) is 9.40. The Labute approximate surface area is 142 Å². The van der Waals surface area contributed by atoms with Crippen LogP contribution in [-0.4, -0.2) is 41.0 Å². The molecule has 0 aliphatic rings. The van der Waals surface area contributed by atoms with Crippen molar-refractivity contribution in [1.29, 1.82) is 0 Å². The number of alkyl carbamates (subject to hydrolysis) is 1. The van der Waals surface area contributed by atoms with Crippen LogP contribution in [0.25, 0.3) is 0 Å². The molecule has 5 nitrogen and oxygen atoms in total. The first kappa shape index (κ1) is 19.3. The van der Waals surface area contributed by atoms with E-state index in [1.165, 1.54) is 0 Å². The summed E-state index contributed by atoms with van der Waals surface area (Å²) < 4.78 is 5.22. The summed E-state index contributed by atoms with van der Waals surface area (Å²) in [5.41, 5.74) is 0.454. The van der Waals surface area contributed by atoms with Crippen molar-refractivity contribution in [3.8, 4) is 0 Å². The Morgan fingerprint density at radius 3 is 2.39 bits per heavy atom. The monoisotopic (exact) mass is 340 g/mol. The molecule has 1 atom stereocenters. The number of alkyl halides is 1. The number of hydrogen-bond donors (Lipinski definition) is 1. The molecule has 6 heteroatoms. The SMILES string of the molecule is CC(CN(Cc1ccccc1)C(=O)CCl)NC(=O)OC(C)(C)C. The Balaban J connectivity index is 2.63. The molecule has 0 spiro atoms. The van der Waals surface area contributed by atoms with Gasteiger partial charge in [0, 0.05) is 19.1 Å². The zero-order valence-corrected chi connectivity index (χ0v) is 14.9. The maximum absolute atomic E-state index is 12.0. The van der Waals surface area contributed by atoms with Crippen LogP contribution >= 0.6 is 11.6 Å². The Morgan fingerprint density at radius 1 is 1.26 bits per heavy atom. The second-order valence-corrected chi connectivity index (χ2v) is 6.71. The molecule has 0 fully saturated rings. The van der Waals surface area contributed by atoms with Gasteiger partial charge >= 0.3 is 6.09 Å². The fraction of sp³-hybridized carbons (Fsp3) is 0.529. The summed E-state index contributed by atoms with van der Waals surface area (Å²) in [7, 11) is 0. The molecule has 0 saturated heterocycles. The minimum absolute atomic E-state index is 0.0913. The largest absolute Gasteiger partial charge is 0.444 e. The number of halogens is 1. The van der Waals surface area contributed by atoms with E-state index >= 15 is 0 Å². The van der Waals surface area contributed by atoms with Gasteiger partial charge in [0.1, 0.15) is 11.5 Å². The van der Waals surface area contributed by atoms with Gasteiger partial charge in [0.25, 0.3) is 0 Å². The molecule has 1 aromatic rings. The summed E-state index contributed by atoms with van der Waals surface area (Å²) >= 11 is 5.69. The maximum Gasteiger partial charge on any atom is 0.407 e. The van der Waals surface area contributed by atoms with Gasteiger partial charge in [0.05, 0.1) is 0 Å². The van der Waals surface area contributed by atoms with Crippen LogP contribution in [0.5, 0.6) is 0 Å². The van der Waals surface area contributed by atoms with E-state index in [4.69, 9.17) is 16.3 Å². The molecule has 1 aromatic carbocycles. The average Bonchev–Trinajstić information content (AvgIpc) is 2.44. The zero-order chi connectivity index (χ0) is 17.5. The number of amides is 2. The van der Waals surface area contributed by atoms with Crippen LogP contribution in [0, 0.1) is 0 Å². The number of carbonyl (C=O) groups excluding carboxylic acids is 2. The van der Waals surface area contributed by atoms with Gasteiger partial charge in [-0.1, -0.05) is 30.3 Å². The van der Waals surface area contributed by atoms with Gasteiger partial charge < -0.3 is 15.0 Å². The van der Waals surface area contributed by atoms with E-state index in [1.54, 1.807) is 25.7 Å². The van der Waals surface area contributed by atoms with Crippen molar-refractivity contribution in [3.05, 3.63) is 35.9 Å². The number of rotatable bonds is 6. The van der Waals surface area contributed by atoms with Crippen LogP contribution in [0.2, 0.25) is 0 Å². The van der Waals surface area contributed by atoms with Crippen LogP contribution < -0.4 is 5.32 Å². The van der Waals surface area contributed by atoms with Gasteiger partial charge in [0.15, 0.2) is 0 Å². The number of hydrogen-bond acceptors (Lipinski definition) is 3. The molecular weight excluding hydrogens is 316 g/mol. The molecule has 23 heavy (non-hydrogen) atoms. The number of nitrogens with zero attached hydrogens (tertiary/aromatic N) is 1. The molecule has 0 saturated carbocycles. The average molecular weight is 341 g/mol. The lowest BCUT2D eigenvalue weighted by atomic mass is 10.2. The van der Waals surface area contributed by atoms with E-state index in [0.717, 1.165) is 5.56 Å². The summed E-state index contributed by atoms with van der Waals surface area (Å²) in [6.45, 7) is 8.04. The first-order valence-corrected chi connectivity index (χ1v) is 8.12. The minimum Gasteiger partial charge on any atom is -0.444 e. The normalized spacial score (nSPS) is 12.4. The van der Waals surface area contributed by atoms with Gasteiger partial charge in [0.2, 0.25) is 5.91 Å². The molecule has 0 bridgehead atoms. The topological polar surface area (TPSA) is 58.6 Å². The predicted octanol–water partition coefficient (Wildman–Crippen LogP) is 3.17. The quantitative estimate of drug-likeness (QED) is 0.809. The van der Waals surface area contributed by atoms with Crippen molar-refractivity contribution in [2.75, 3.05) is 12.4 Å². The second kappa shape index (κ2) is 8.77. The molecule has 128 valence electrons. The molecule has 0 aliphatic carbocycles. The highest BCUT2D eigenvalue weighted by Gasteiger charge is 2.20. The standard InChI is InChI=1S/C17H25ClN2O3/c1-13(19-16(22)23-17(2,3)4)11-20(15(21)10-18)12-14-8-6-5-7-9-14/h5-9,13H,10-12H2,1-4H3,(H,19,22). The highest BCUT2D eigenvalue weighted by Crippen LogP contribution is 2.09. The third-order valence-corrected chi connectivity index (χ3v) is 3.17. The third-order valence-electron chi connectivity index (χ3n) is 2.94. The van der Waals surface area contributed by atoms with Crippen molar-refractivity contribution in [3.63, 3.8) is 0 Å². The summed E-state index contributed by atoms with van der Waals surface area (Å²) in [5, 5.41) is 2.73.